The molecule has 1 aromatic heterocycles. The van der Waals surface area contributed by atoms with Crippen molar-refractivity contribution in [3.8, 4) is 11.8 Å². The molecule has 0 aliphatic heterocycles. The number of nitriles is 1. The molecular formula is C12H9IN4O. The summed E-state index contributed by atoms with van der Waals surface area (Å²) in [6.45, 7) is 0. The van der Waals surface area contributed by atoms with Crippen LogP contribution in [0.25, 0.3) is 0 Å². The molecule has 2 rings (SSSR count). The van der Waals surface area contributed by atoms with E-state index < -0.39 is 0 Å². The molecular weight excluding hydrogens is 343 g/mol. The summed E-state index contributed by atoms with van der Waals surface area (Å²) in [5, 5.41) is 12.2. The number of anilines is 2. The summed E-state index contributed by atoms with van der Waals surface area (Å²) < 4.78 is 6.11. The lowest BCUT2D eigenvalue weighted by molar-refractivity contribution is 0.416. The van der Waals surface area contributed by atoms with Gasteiger partial charge in [-0.1, -0.05) is 6.07 Å². The Balaban J connectivity index is 2.46. The van der Waals surface area contributed by atoms with Gasteiger partial charge in [0.15, 0.2) is 0 Å². The summed E-state index contributed by atoms with van der Waals surface area (Å²) in [6.07, 6.45) is 3.14. The molecule has 6 heteroatoms. The Labute approximate surface area is 118 Å². The fourth-order valence-corrected chi connectivity index (χ4v) is 1.88. The molecule has 0 saturated heterocycles. The van der Waals surface area contributed by atoms with Crippen molar-refractivity contribution in [3.05, 3.63) is 39.9 Å². The molecule has 0 aliphatic rings. The molecule has 0 atom stereocenters. The SMILES string of the molecule is COc1cccc(C#N)c1Nc1ncncc1I. The Kier molecular flexibility index (Phi) is 3.94. The number of hydrogen-bond donors (Lipinski definition) is 1. The smallest absolute Gasteiger partial charge is 0.147 e. The lowest BCUT2D eigenvalue weighted by Crippen LogP contribution is -2.01. The highest BCUT2D eigenvalue weighted by molar-refractivity contribution is 14.1. The lowest BCUT2D eigenvalue weighted by atomic mass is 10.2. The molecule has 0 radical (unpaired) electrons. The second kappa shape index (κ2) is 5.64. The highest BCUT2D eigenvalue weighted by Gasteiger charge is 2.11. The Hall–Kier alpha value is -1.88. The standard InChI is InChI=1S/C12H9IN4O/c1-18-10-4-2-3-8(5-14)11(10)17-12-9(13)6-15-7-16-12/h2-4,6-7H,1H3,(H,15,16,17). The quantitative estimate of drug-likeness (QED) is 0.861. The number of aromatic nitrogens is 2. The van der Waals surface area contributed by atoms with E-state index in [2.05, 4.69) is 43.9 Å². The predicted molar refractivity (Wildman–Crippen MR) is 75.7 cm³/mol. The number of benzene rings is 1. The van der Waals surface area contributed by atoms with Crippen molar-refractivity contribution in [3.63, 3.8) is 0 Å². The van der Waals surface area contributed by atoms with Gasteiger partial charge in [-0.25, -0.2) is 9.97 Å². The van der Waals surface area contributed by atoms with E-state index in [1.54, 1.807) is 31.5 Å². The minimum atomic E-state index is 0.503. The maximum atomic E-state index is 9.11. The van der Waals surface area contributed by atoms with Gasteiger partial charge in [0.2, 0.25) is 0 Å². The Bertz CT molecular complexity index is 609. The third kappa shape index (κ3) is 2.51. The second-order valence-corrected chi connectivity index (χ2v) is 4.50. The molecule has 18 heavy (non-hydrogen) atoms. The summed E-state index contributed by atoms with van der Waals surface area (Å²) in [6, 6.07) is 7.40. The van der Waals surface area contributed by atoms with E-state index in [0.29, 0.717) is 22.8 Å². The summed E-state index contributed by atoms with van der Waals surface area (Å²) in [5.41, 5.74) is 1.11. The first-order valence-electron chi connectivity index (χ1n) is 5.06. The molecule has 0 aliphatic carbocycles. The molecule has 1 aromatic carbocycles. The molecule has 2 aromatic rings. The van der Waals surface area contributed by atoms with E-state index >= 15 is 0 Å². The number of hydrogen-bond acceptors (Lipinski definition) is 5. The fourth-order valence-electron chi connectivity index (χ4n) is 1.45. The van der Waals surface area contributed by atoms with E-state index in [1.165, 1.54) is 6.33 Å². The summed E-state index contributed by atoms with van der Waals surface area (Å²) in [5.74, 6) is 1.25. The molecule has 1 N–H and O–H groups in total. The topological polar surface area (TPSA) is 70.8 Å². The lowest BCUT2D eigenvalue weighted by Gasteiger charge is -2.12. The van der Waals surface area contributed by atoms with E-state index in [9.17, 15) is 0 Å². The van der Waals surface area contributed by atoms with Gasteiger partial charge < -0.3 is 10.1 Å². The van der Waals surface area contributed by atoms with Crippen molar-refractivity contribution in [2.75, 3.05) is 12.4 Å². The number of halogens is 1. The summed E-state index contributed by atoms with van der Waals surface area (Å²) in [7, 11) is 1.56. The van der Waals surface area contributed by atoms with Gasteiger partial charge in [0, 0.05) is 6.20 Å². The zero-order valence-corrected chi connectivity index (χ0v) is 11.7. The van der Waals surface area contributed by atoms with Crippen molar-refractivity contribution < 1.29 is 4.74 Å². The van der Waals surface area contributed by atoms with Crippen molar-refractivity contribution in [1.82, 2.24) is 9.97 Å². The van der Waals surface area contributed by atoms with Crippen LogP contribution in [0.4, 0.5) is 11.5 Å². The maximum absolute atomic E-state index is 9.11. The number of methoxy groups -OCH3 is 1. The minimum absolute atomic E-state index is 0.503. The van der Waals surface area contributed by atoms with Crippen molar-refractivity contribution in [2.24, 2.45) is 0 Å². The molecule has 0 unspecified atom stereocenters. The molecule has 1 heterocycles. The first-order valence-corrected chi connectivity index (χ1v) is 6.13. The molecule has 0 amide bonds. The molecule has 0 bridgehead atoms. The van der Waals surface area contributed by atoms with Gasteiger partial charge in [0.1, 0.15) is 29.7 Å². The van der Waals surface area contributed by atoms with Crippen molar-refractivity contribution in [1.29, 1.82) is 5.26 Å². The van der Waals surface area contributed by atoms with Crippen LogP contribution >= 0.6 is 22.6 Å². The minimum Gasteiger partial charge on any atom is -0.495 e. The molecule has 0 spiro atoms. The number of ether oxygens (including phenoxy) is 1. The number of para-hydroxylation sites is 1. The van der Waals surface area contributed by atoms with Gasteiger partial charge in [-0.3, -0.25) is 0 Å². The van der Waals surface area contributed by atoms with Gasteiger partial charge in [-0.05, 0) is 34.7 Å². The van der Waals surface area contributed by atoms with E-state index in [4.69, 9.17) is 10.00 Å². The van der Waals surface area contributed by atoms with Crippen LogP contribution in [0.5, 0.6) is 5.75 Å². The van der Waals surface area contributed by atoms with Crippen LogP contribution in [0, 0.1) is 14.9 Å². The third-order valence-electron chi connectivity index (χ3n) is 2.28. The van der Waals surface area contributed by atoms with Crippen LogP contribution in [0.15, 0.2) is 30.7 Å². The van der Waals surface area contributed by atoms with Crippen LogP contribution in [0.1, 0.15) is 5.56 Å². The monoisotopic (exact) mass is 352 g/mol. The van der Waals surface area contributed by atoms with Gasteiger partial charge in [-0.2, -0.15) is 5.26 Å². The van der Waals surface area contributed by atoms with Crippen molar-refractivity contribution in [2.45, 2.75) is 0 Å². The van der Waals surface area contributed by atoms with Crippen LogP contribution in [-0.2, 0) is 0 Å². The Morgan fingerprint density at radius 3 is 2.94 bits per heavy atom. The molecule has 0 saturated carbocycles. The highest BCUT2D eigenvalue weighted by atomic mass is 127. The average molecular weight is 352 g/mol. The number of rotatable bonds is 3. The zero-order valence-electron chi connectivity index (χ0n) is 9.51. The largest absolute Gasteiger partial charge is 0.495 e. The van der Waals surface area contributed by atoms with Crippen LogP contribution < -0.4 is 10.1 Å². The average Bonchev–Trinajstić information content (AvgIpc) is 2.41. The van der Waals surface area contributed by atoms with Crippen LogP contribution in [-0.4, -0.2) is 17.1 Å². The van der Waals surface area contributed by atoms with E-state index in [-0.39, 0.29) is 0 Å². The van der Waals surface area contributed by atoms with Gasteiger partial charge in [-0.15, -0.1) is 0 Å². The van der Waals surface area contributed by atoms with Crippen molar-refractivity contribution >= 4 is 34.1 Å². The Morgan fingerprint density at radius 1 is 1.44 bits per heavy atom. The molecule has 0 fully saturated rings. The summed E-state index contributed by atoms with van der Waals surface area (Å²) >= 11 is 2.12. The Morgan fingerprint density at radius 2 is 2.28 bits per heavy atom. The first kappa shape index (κ1) is 12.6. The van der Waals surface area contributed by atoms with Gasteiger partial charge in [0.25, 0.3) is 0 Å². The highest BCUT2D eigenvalue weighted by Crippen LogP contribution is 2.31. The van der Waals surface area contributed by atoms with Gasteiger partial charge in [0.05, 0.1) is 16.2 Å². The number of nitrogens with zero attached hydrogens (tertiary/aromatic N) is 3. The first-order chi connectivity index (χ1) is 8.76. The normalized spacial score (nSPS) is 9.61. The fraction of sp³-hybridized carbons (Fsp3) is 0.0833. The third-order valence-corrected chi connectivity index (χ3v) is 3.07. The molecule has 5 nitrogen and oxygen atoms in total. The molecule has 90 valence electrons. The number of nitrogens with one attached hydrogen (secondary N) is 1. The van der Waals surface area contributed by atoms with Crippen LogP contribution in [0.2, 0.25) is 0 Å². The van der Waals surface area contributed by atoms with Gasteiger partial charge >= 0.3 is 0 Å². The maximum Gasteiger partial charge on any atom is 0.147 e. The van der Waals surface area contributed by atoms with E-state index in [1.807, 2.05) is 0 Å². The predicted octanol–water partition coefficient (Wildman–Crippen LogP) is 2.71. The summed E-state index contributed by atoms with van der Waals surface area (Å²) in [4.78, 5) is 8.05. The zero-order chi connectivity index (χ0) is 13.0. The van der Waals surface area contributed by atoms with Crippen LogP contribution in [0.3, 0.4) is 0 Å². The van der Waals surface area contributed by atoms with E-state index in [0.717, 1.165) is 3.57 Å². The second-order valence-electron chi connectivity index (χ2n) is 3.34.